The fourth-order valence-corrected chi connectivity index (χ4v) is 4.22. The van der Waals surface area contributed by atoms with Crippen LogP contribution in [0.4, 0.5) is 5.82 Å². The van der Waals surface area contributed by atoms with Gasteiger partial charge in [-0.15, -0.1) is 0 Å². The maximum atomic E-state index is 5.99. The van der Waals surface area contributed by atoms with Gasteiger partial charge in [0, 0.05) is 25.3 Å². The second kappa shape index (κ2) is 6.35. The summed E-state index contributed by atoms with van der Waals surface area (Å²) in [6, 6.07) is 4.42. The summed E-state index contributed by atoms with van der Waals surface area (Å²) in [6.07, 6.45) is 12.8. The predicted octanol–water partition coefficient (Wildman–Crippen LogP) is 3.52. The van der Waals surface area contributed by atoms with Gasteiger partial charge in [-0.1, -0.05) is 25.3 Å². The molecule has 1 unspecified atom stereocenters. The first-order chi connectivity index (χ1) is 10.2. The van der Waals surface area contributed by atoms with Gasteiger partial charge in [-0.3, -0.25) is 0 Å². The minimum absolute atomic E-state index is 0.197. The van der Waals surface area contributed by atoms with Crippen LogP contribution in [0.5, 0.6) is 0 Å². The highest BCUT2D eigenvalue weighted by Gasteiger charge is 2.36. The van der Waals surface area contributed by atoms with Crippen molar-refractivity contribution in [3.05, 3.63) is 23.9 Å². The third-order valence-corrected chi connectivity index (χ3v) is 5.45. The molecule has 2 fully saturated rings. The average Bonchev–Trinajstić information content (AvgIpc) is 2.49. The molecule has 0 amide bonds. The van der Waals surface area contributed by atoms with Crippen molar-refractivity contribution in [3.8, 4) is 0 Å². The minimum Gasteiger partial charge on any atom is -0.356 e. The monoisotopic (exact) mass is 287 g/mol. The molecule has 21 heavy (non-hydrogen) atoms. The van der Waals surface area contributed by atoms with Crippen molar-refractivity contribution >= 4 is 5.82 Å². The molecular formula is C18H29N3. The van der Waals surface area contributed by atoms with Crippen LogP contribution < -0.4 is 10.6 Å². The summed E-state index contributed by atoms with van der Waals surface area (Å²) in [6.45, 7) is 4.41. The van der Waals surface area contributed by atoms with Crippen LogP contribution in [0, 0.1) is 5.41 Å². The SMILES string of the molecule is CC(N)Cc1cccnc1N1CCC2(CCCCC2)CC1. The van der Waals surface area contributed by atoms with Gasteiger partial charge in [-0.05, 0) is 56.1 Å². The van der Waals surface area contributed by atoms with Crippen molar-refractivity contribution in [1.82, 2.24) is 4.98 Å². The zero-order chi connectivity index (χ0) is 14.7. The first-order valence-corrected chi connectivity index (χ1v) is 8.63. The number of hydrogen-bond acceptors (Lipinski definition) is 3. The smallest absolute Gasteiger partial charge is 0.131 e. The van der Waals surface area contributed by atoms with Gasteiger partial charge in [-0.25, -0.2) is 4.98 Å². The van der Waals surface area contributed by atoms with Crippen molar-refractivity contribution in [2.24, 2.45) is 11.1 Å². The fourth-order valence-electron chi connectivity index (χ4n) is 4.22. The zero-order valence-electron chi connectivity index (χ0n) is 13.4. The second-order valence-electron chi connectivity index (χ2n) is 7.22. The van der Waals surface area contributed by atoms with Crippen LogP contribution in [-0.2, 0) is 6.42 Å². The Balaban J connectivity index is 1.69. The maximum absolute atomic E-state index is 5.99. The molecule has 2 heterocycles. The van der Waals surface area contributed by atoms with Crippen LogP contribution in [0.15, 0.2) is 18.3 Å². The summed E-state index contributed by atoms with van der Waals surface area (Å²) in [5, 5.41) is 0. The lowest BCUT2D eigenvalue weighted by Crippen LogP contribution is -2.42. The molecule has 1 atom stereocenters. The van der Waals surface area contributed by atoms with Crippen molar-refractivity contribution < 1.29 is 0 Å². The molecule has 116 valence electrons. The number of nitrogens with zero attached hydrogens (tertiary/aromatic N) is 2. The molecule has 1 aromatic rings. The van der Waals surface area contributed by atoms with Gasteiger partial charge in [0.15, 0.2) is 0 Å². The number of anilines is 1. The first kappa shape index (κ1) is 14.8. The van der Waals surface area contributed by atoms with E-state index in [1.165, 1.54) is 69.4 Å². The third kappa shape index (κ3) is 3.39. The van der Waals surface area contributed by atoms with E-state index in [1.54, 1.807) is 0 Å². The molecule has 0 radical (unpaired) electrons. The molecule has 1 aromatic heterocycles. The highest BCUT2D eigenvalue weighted by Crippen LogP contribution is 2.45. The molecule has 1 aliphatic heterocycles. The van der Waals surface area contributed by atoms with Crippen molar-refractivity contribution in [2.45, 2.75) is 64.3 Å². The number of aromatic nitrogens is 1. The molecule has 1 spiro atoms. The molecular weight excluding hydrogens is 258 g/mol. The molecule has 0 aromatic carbocycles. The summed E-state index contributed by atoms with van der Waals surface area (Å²) < 4.78 is 0. The van der Waals surface area contributed by atoms with Crippen LogP contribution >= 0.6 is 0 Å². The Labute approximate surface area is 128 Å². The average molecular weight is 287 g/mol. The van der Waals surface area contributed by atoms with Crippen molar-refractivity contribution in [3.63, 3.8) is 0 Å². The van der Waals surface area contributed by atoms with E-state index in [2.05, 4.69) is 22.9 Å². The molecule has 3 heteroatoms. The highest BCUT2D eigenvalue weighted by atomic mass is 15.2. The Morgan fingerprint density at radius 1 is 1.19 bits per heavy atom. The van der Waals surface area contributed by atoms with Crippen molar-refractivity contribution in [2.75, 3.05) is 18.0 Å². The van der Waals surface area contributed by atoms with Gasteiger partial charge < -0.3 is 10.6 Å². The van der Waals surface area contributed by atoms with Crippen molar-refractivity contribution in [1.29, 1.82) is 0 Å². The zero-order valence-corrected chi connectivity index (χ0v) is 13.4. The van der Waals surface area contributed by atoms with E-state index in [1.807, 2.05) is 12.3 Å². The number of piperidine rings is 1. The normalized spacial score (nSPS) is 23.2. The lowest BCUT2D eigenvalue weighted by Gasteiger charge is -2.45. The maximum Gasteiger partial charge on any atom is 0.131 e. The Morgan fingerprint density at radius 3 is 2.57 bits per heavy atom. The molecule has 1 saturated carbocycles. The van der Waals surface area contributed by atoms with Gasteiger partial charge in [0.1, 0.15) is 5.82 Å². The molecule has 0 bridgehead atoms. The third-order valence-electron chi connectivity index (χ3n) is 5.45. The second-order valence-corrected chi connectivity index (χ2v) is 7.22. The minimum atomic E-state index is 0.197. The fraction of sp³-hybridized carbons (Fsp3) is 0.722. The van der Waals surface area contributed by atoms with Gasteiger partial charge >= 0.3 is 0 Å². The standard InChI is InChI=1S/C18H29N3/c1-15(19)14-16-6-5-11-20-17(16)21-12-9-18(10-13-21)7-3-2-4-8-18/h5-6,11,15H,2-4,7-10,12-14,19H2,1H3. The topological polar surface area (TPSA) is 42.1 Å². The predicted molar refractivity (Wildman–Crippen MR) is 88.6 cm³/mol. The summed E-state index contributed by atoms with van der Waals surface area (Å²) in [5.41, 5.74) is 7.96. The number of hydrogen-bond donors (Lipinski definition) is 1. The summed E-state index contributed by atoms with van der Waals surface area (Å²) in [5.74, 6) is 1.18. The Hall–Kier alpha value is -1.09. The van der Waals surface area contributed by atoms with E-state index in [9.17, 15) is 0 Å². The summed E-state index contributed by atoms with van der Waals surface area (Å²) in [7, 11) is 0. The quantitative estimate of drug-likeness (QED) is 0.925. The van der Waals surface area contributed by atoms with E-state index in [0.29, 0.717) is 5.41 Å². The Kier molecular flexibility index (Phi) is 4.48. The molecule has 1 aliphatic carbocycles. The Morgan fingerprint density at radius 2 is 1.90 bits per heavy atom. The largest absolute Gasteiger partial charge is 0.356 e. The van der Waals surface area contributed by atoms with E-state index in [0.717, 1.165) is 6.42 Å². The van der Waals surface area contributed by atoms with Crippen LogP contribution in [-0.4, -0.2) is 24.1 Å². The van der Waals surface area contributed by atoms with Crippen LogP contribution in [0.2, 0.25) is 0 Å². The molecule has 1 saturated heterocycles. The van der Waals surface area contributed by atoms with E-state index < -0.39 is 0 Å². The number of nitrogens with two attached hydrogens (primary N) is 1. The molecule has 2 aliphatic rings. The van der Waals surface area contributed by atoms with Gasteiger partial charge in [-0.2, -0.15) is 0 Å². The van der Waals surface area contributed by atoms with Crippen LogP contribution in [0.25, 0.3) is 0 Å². The number of rotatable bonds is 3. The van der Waals surface area contributed by atoms with E-state index >= 15 is 0 Å². The Bertz CT molecular complexity index is 453. The van der Waals surface area contributed by atoms with Crippen LogP contribution in [0.1, 0.15) is 57.4 Å². The molecule has 3 rings (SSSR count). The lowest BCUT2D eigenvalue weighted by atomic mass is 9.68. The van der Waals surface area contributed by atoms with Gasteiger partial charge in [0.05, 0.1) is 0 Å². The summed E-state index contributed by atoms with van der Waals surface area (Å²) >= 11 is 0. The molecule has 2 N–H and O–H groups in total. The van der Waals surface area contributed by atoms with Gasteiger partial charge in [0.2, 0.25) is 0 Å². The highest BCUT2D eigenvalue weighted by molar-refractivity contribution is 5.47. The first-order valence-electron chi connectivity index (χ1n) is 8.63. The van der Waals surface area contributed by atoms with Crippen LogP contribution in [0.3, 0.4) is 0 Å². The summed E-state index contributed by atoms with van der Waals surface area (Å²) in [4.78, 5) is 7.16. The van der Waals surface area contributed by atoms with E-state index in [-0.39, 0.29) is 6.04 Å². The lowest BCUT2D eigenvalue weighted by molar-refractivity contribution is 0.144. The van der Waals surface area contributed by atoms with Gasteiger partial charge in [0.25, 0.3) is 0 Å². The number of pyridine rings is 1. The van der Waals surface area contributed by atoms with E-state index in [4.69, 9.17) is 5.73 Å². The molecule has 3 nitrogen and oxygen atoms in total.